The van der Waals surface area contributed by atoms with Crippen molar-refractivity contribution in [1.29, 1.82) is 0 Å². The Hall–Kier alpha value is -0.860. The molecule has 17 heavy (non-hydrogen) atoms. The zero-order valence-electron chi connectivity index (χ0n) is 12.1. The highest BCUT2D eigenvalue weighted by Gasteiger charge is 2.06. The van der Waals surface area contributed by atoms with Crippen molar-refractivity contribution >= 4 is 0 Å². The van der Waals surface area contributed by atoms with Crippen molar-refractivity contribution in [2.75, 3.05) is 20.6 Å². The Kier molecular flexibility index (Phi) is 5.16. The summed E-state index contributed by atoms with van der Waals surface area (Å²) in [6.07, 6.45) is 0. The molecule has 1 unspecified atom stereocenters. The van der Waals surface area contributed by atoms with E-state index in [4.69, 9.17) is 0 Å². The van der Waals surface area contributed by atoms with Crippen molar-refractivity contribution in [3.63, 3.8) is 0 Å². The van der Waals surface area contributed by atoms with Gasteiger partial charge in [0, 0.05) is 19.1 Å². The second-order valence-electron chi connectivity index (χ2n) is 5.32. The summed E-state index contributed by atoms with van der Waals surface area (Å²) in [5.41, 5.74) is 5.59. The third-order valence-electron chi connectivity index (χ3n) is 3.46. The zero-order valence-corrected chi connectivity index (χ0v) is 12.1. The minimum atomic E-state index is 0.570. The van der Waals surface area contributed by atoms with E-state index in [-0.39, 0.29) is 0 Å². The fourth-order valence-electron chi connectivity index (χ4n) is 2.08. The molecule has 1 N–H and O–H groups in total. The molecule has 1 atom stereocenters. The van der Waals surface area contributed by atoms with Crippen LogP contribution in [0.2, 0.25) is 0 Å². The molecule has 96 valence electrons. The Morgan fingerprint density at radius 3 is 2.12 bits per heavy atom. The van der Waals surface area contributed by atoms with Gasteiger partial charge in [0.25, 0.3) is 0 Å². The summed E-state index contributed by atoms with van der Waals surface area (Å²) in [5.74, 6) is 0. The van der Waals surface area contributed by atoms with E-state index in [9.17, 15) is 0 Å². The van der Waals surface area contributed by atoms with Crippen molar-refractivity contribution in [1.82, 2.24) is 10.2 Å². The van der Waals surface area contributed by atoms with Gasteiger partial charge in [-0.2, -0.15) is 0 Å². The number of likely N-dealkylation sites (N-methyl/N-ethyl adjacent to an activating group) is 1. The first-order valence-electron chi connectivity index (χ1n) is 6.35. The van der Waals surface area contributed by atoms with E-state index < -0.39 is 0 Å². The summed E-state index contributed by atoms with van der Waals surface area (Å²) in [6.45, 7) is 10.8. The molecule has 0 fully saturated rings. The minimum absolute atomic E-state index is 0.570. The van der Waals surface area contributed by atoms with Gasteiger partial charge in [-0.25, -0.2) is 0 Å². The summed E-state index contributed by atoms with van der Waals surface area (Å²) in [4.78, 5) is 2.24. The van der Waals surface area contributed by atoms with Crippen molar-refractivity contribution in [2.45, 2.75) is 40.3 Å². The van der Waals surface area contributed by atoms with Gasteiger partial charge in [0.05, 0.1) is 0 Å². The van der Waals surface area contributed by atoms with Crippen LogP contribution in [-0.2, 0) is 6.54 Å². The summed E-state index contributed by atoms with van der Waals surface area (Å²) >= 11 is 0. The smallest absolute Gasteiger partial charge is 0.0211 e. The predicted molar refractivity (Wildman–Crippen MR) is 75.5 cm³/mol. The monoisotopic (exact) mass is 234 g/mol. The molecule has 0 heterocycles. The molecule has 1 aromatic rings. The van der Waals surface area contributed by atoms with E-state index in [1.54, 1.807) is 0 Å². The van der Waals surface area contributed by atoms with Gasteiger partial charge < -0.3 is 10.2 Å². The Bertz CT molecular complexity index is 346. The number of nitrogens with zero attached hydrogens (tertiary/aromatic N) is 1. The first kappa shape index (κ1) is 14.2. The van der Waals surface area contributed by atoms with Crippen LogP contribution in [0.4, 0.5) is 0 Å². The summed E-state index contributed by atoms with van der Waals surface area (Å²) in [5, 5.41) is 3.54. The fraction of sp³-hybridized carbons (Fsp3) is 0.600. The van der Waals surface area contributed by atoms with Gasteiger partial charge in [-0.3, -0.25) is 0 Å². The number of benzene rings is 1. The fourth-order valence-corrected chi connectivity index (χ4v) is 2.08. The van der Waals surface area contributed by atoms with Crippen LogP contribution in [0, 0.1) is 20.8 Å². The van der Waals surface area contributed by atoms with Gasteiger partial charge in [-0.15, -0.1) is 0 Å². The third kappa shape index (κ3) is 4.14. The van der Waals surface area contributed by atoms with E-state index in [1.807, 2.05) is 0 Å². The SMILES string of the molecule is Cc1cc(C)c(CNCC(C)N(C)C)c(C)c1. The maximum atomic E-state index is 3.54. The van der Waals surface area contributed by atoms with Gasteiger partial charge in [0.2, 0.25) is 0 Å². The highest BCUT2D eigenvalue weighted by molar-refractivity contribution is 5.37. The van der Waals surface area contributed by atoms with Crippen LogP contribution in [0.15, 0.2) is 12.1 Å². The highest BCUT2D eigenvalue weighted by Crippen LogP contribution is 2.15. The van der Waals surface area contributed by atoms with E-state index in [1.165, 1.54) is 22.3 Å². The first-order valence-corrected chi connectivity index (χ1v) is 6.35. The van der Waals surface area contributed by atoms with Crippen LogP contribution in [0.3, 0.4) is 0 Å². The summed E-state index contributed by atoms with van der Waals surface area (Å²) < 4.78 is 0. The molecule has 0 aliphatic heterocycles. The molecule has 1 rings (SSSR count). The van der Waals surface area contributed by atoms with Crippen LogP contribution in [0.25, 0.3) is 0 Å². The predicted octanol–water partition coefficient (Wildman–Crippen LogP) is 2.65. The first-order chi connectivity index (χ1) is 7.91. The lowest BCUT2D eigenvalue weighted by Gasteiger charge is -2.21. The molecule has 0 saturated heterocycles. The van der Waals surface area contributed by atoms with Crippen LogP contribution in [0.1, 0.15) is 29.2 Å². The molecule has 0 aliphatic carbocycles. The largest absolute Gasteiger partial charge is 0.311 e. The molecule has 0 radical (unpaired) electrons. The van der Waals surface area contributed by atoms with Gasteiger partial charge in [0.1, 0.15) is 0 Å². The Labute approximate surface area is 106 Å². The highest BCUT2D eigenvalue weighted by atomic mass is 15.1. The molecule has 0 bridgehead atoms. The number of hydrogen-bond donors (Lipinski definition) is 1. The third-order valence-corrected chi connectivity index (χ3v) is 3.46. The summed E-state index contributed by atoms with van der Waals surface area (Å²) in [6, 6.07) is 5.10. The van der Waals surface area contributed by atoms with E-state index in [0.29, 0.717) is 6.04 Å². The Balaban J connectivity index is 2.58. The van der Waals surface area contributed by atoms with Crippen LogP contribution in [0.5, 0.6) is 0 Å². The lowest BCUT2D eigenvalue weighted by Crippen LogP contribution is -2.35. The standard InChI is InChI=1S/C15H26N2/c1-11-7-12(2)15(13(3)8-11)10-16-9-14(4)17(5)6/h7-8,14,16H,9-10H2,1-6H3. The maximum Gasteiger partial charge on any atom is 0.0211 e. The van der Waals surface area contributed by atoms with Crippen molar-refractivity contribution in [2.24, 2.45) is 0 Å². The topological polar surface area (TPSA) is 15.3 Å². The van der Waals surface area contributed by atoms with Gasteiger partial charge in [-0.1, -0.05) is 17.7 Å². The minimum Gasteiger partial charge on any atom is -0.311 e. The molecule has 0 saturated carbocycles. The van der Waals surface area contributed by atoms with Crippen LogP contribution < -0.4 is 5.32 Å². The number of hydrogen-bond acceptors (Lipinski definition) is 2. The normalized spacial score (nSPS) is 13.1. The number of rotatable bonds is 5. The Morgan fingerprint density at radius 2 is 1.65 bits per heavy atom. The molecule has 0 aliphatic rings. The summed E-state index contributed by atoms with van der Waals surface area (Å²) in [7, 11) is 4.24. The van der Waals surface area contributed by atoms with Crippen molar-refractivity contribution in [3.05, 3.63) is 34.4 Å². The van der Waals surface area contributed by atoms with Crippen molar-refractivity contribution in [3.8, 4) is 0 Å². The second-order valence-corrected chi connectivity index (χ2v) is 5.32. The molecule has 2 heteroatoms. The maximum absolute atomic E-state index is 3.54. The number of nitrogens with one attached hydrogen (secondary N) is 1. The van der Waals surface area contributed by atoms with E-state index >= 15 is 0 Å². The molecular weight excluding hydrogens is 208 g/mol. The Morgan fingerprint density at radius 1 is 1.12 bits per heavy atom. The average Bonchev–Trinajstić information content (AvgIpc) is 2.21. The molecule has 1 aromatic carbocycles. The molecular formula is C15H26N2. The van der Waals surface area contributed by atoms with Crippen LogP contribution in [-0.4, -0.2) is 31.6 Å². The number of aryl methyl sites for hydroxylation is 3. The van der Waals surface area contributed by atoms with Crippen LogP contribution >= 0.6 is 0 Å². The molecule has 2 nitrogen and oxygen atoms in total. The van der Waals surface area contributed by atoms with E-state index in [2.05, 4.69) is 64.1 Å². The second kappa shape index (κ2) is 6.18. The quantitative estimate of drug-likeness (QED) is 0.842. The van der Waals surface area contributed by atoms with E-state index in [0.717, 1.165) is 13.1 Å². The lowest BCUT2D eigenvalue weighted by atomic mass is 10.00. The molecule has 0 spiro atoms. The van der Waals surface area contributed by atoms with Gasteiger partial charge in [0.15, 0.2) is 0 Å². The van der Waals surface area contributed by atoms with Gasteiger partial charge >= 0.3 is 0 Å². The van der Waals surface area contributed by atoms with Crippen molar-refractivity contribution < 1.29 is 0 Å². The lowest BCUT2D eigenvalue weighted by molar-refractivity contribution is 0.302. The average molecular weight is 234 g/mol. The zero-order chi connectivity index (χ0) is 13.0. The molecule has 0 amide bonds. The van der Waals surface area contributed by atoms with Gasteiger partial charge in [-0.05, 0) is 58.5 Å². The molecule has 0 aromatic heterocycles.